The maximum Gasteiger partial charge on any atom is 0.0446 e. The maximum atomic E-state index is 3.83. The molecule has 0 bridgehead atoms. The minimum absolute atomic E-state index is 0.336. The van der Waals surface area contributed by atoms with E-state index >= 15 is 0 Å². The second-order valence-electron chi connectivity index (χ2n) is 5.13. The van der Waals surface area contributed by atoms with Crippen molar-refractivity contribution in [3.63, 3.8) is 0 Å². The van der Waals surface area contributed by atoms with Crippen LogP contribution in [0.15, 0.2) is 40.9 Å². The summed E-state index contributed by atoms with van der Waals surface area (Å²) >= 11 is 7.49. The third-order valence-electron chi connectivity index (χ3n) is 3.40. The lowest BCUT2D eigenvalue weighted by Crippen LogP contribution is -1.99. The molecule has 2 aromatic carbocycles. The fraction of sp³-hybridized carbons (Fsp3) is 0.294. The van der Waals surface area contributed by atoms with Gasteiger partial charge in [-0.25, -0.2) is 0 Å². The van der Waals surface area contributed by atoms with E-state index in [-0.39, 0.29) is 0 Å². The lowest BCUT2D eigenvalue weighted by atomic mass is 9.98. The molecule has 0 aliphatic rings. The Bertz CT molecular complexity index is 588. The average Bonchev–Trinajstić information content (AvgIpc) is 2.33. The molecule has 0 saturated heterocycles. The normalized spacial score (nSPS) is 12.5. The Hall–Kier alpha value is -0.600. The maximum absolute atomic E-state index is 3.83. The highest BCUT2D eigenvalue weighted by Crippen LogP contribution is 2.33. The van der Waals surface area contributed by atoms with Gasteiger partial charge in [0.05, 0.1) is 0 Å². The van der Waals surface area contributed by atoms with Crippen molar-refractivity contribution in [1.82, 2.24) is 0 Å². The van der Waals surface area contributed by atoms with E-state index in [1.165, 1.54) is 32.3 Å². The molecule has 0 radical (unpaired) electrons. The quantitative estimate of drug-likeness (QED) is 0.567. The lowest BCUT2D eigenvalue weighted by molar-refractivity contribution is 0.930. The van der Waals surface area contributed by atoms with E-state index in [1.807, 2.05) is 0 Å². The first-order valence-electron chi connectivity index (χ1n) is 6.43. The number of rotatable bonds is 3. The molecule has 0 spiro atoms. The minimum Gasteiger partial charge on any atom is -0.0835 e. The Kier molecular flexibility index (Phi) is 4.86. The number of hydrogen-bond donors (Lipinski definition) is 0. The lowest BCUT2D eigenvalue weighted by Gasteiger charge is -2.15. The zero-order chi connectivity index (χ0) is 14.0. The monoisotopic (exact) mass is 380 g/mol. The van der Waals surface area contributed by atoms with Crippen LogP contribution < -0.4 is 0 Å². The number of hydrogen-bond acceptors (Lipinski definition) is 0. The number of alkyl halides is 1. The average molecular weight is 382 g/mol. The summed E-state index contributed by atoms with van der Waals surface area (Å²) in [5, 5.41) is 0. The largest absolute Gasteiger partial charge is 0.0835 e. The predicted molar refractivity (Wildman–Crippen MR) is 90.2 cm³/mol. The van der Waals surface area contributed by atoms with Gasteiger partial charge in [-0.2, -0.15) is 0 Å². The van der Waals surface area contributed by atoms with E-state index in [0.29, 0.717) is 4.83 Å². The third kappa shape index (κ3) is 3.70. The highest BCUT2D eigenvalue weighted by Gasteiger charge is 2.13. The van der Waals surface area contributed by atoms with Gasteiger partial charge in [-0.3, -0.25) is 0 Å². The summed E-state index contributed by atoms with van der Waals surface area (Å²) in [7, 11) is 0. The van der Waals surface area contributed by atoms with Crippen LogP contribution in [0.4, 0.5) is 0 Å². The van der Waals surface area contributed by atoms with Gasteiger partial charge in [-0.1, -0.05) is 67.8 Å². The number of halogens is 2. The Labute approximate surface area is 132 Å². The molecule has 0 aliphatic heterocycles. The molecule has 19 heavy (non-hydrogen) atoms. The topological polar surface area (TPSA) is 0 Å². The van der Waals surface area contributed by atoms with Crippen LogP contribution in [0.2, 0.25) is 0 Å². The Morgan fingerprint density at radius 1 is 0.947 bits per heavy atom. The van der Waals surface area contributed by atoms with Crippen LogP contribution in [-0.4, -0.2) is 0 Å². The first kappa shape index (κ1) is 14.8. The smallest absolute Gasteiger partial charge is 0.0446 e. The van der Waals surface area contributed by atoms with Crippen molar-refractivity contribution in [3.8, 4) is 0 Å². The molecule has 2 heteroatoms. The van der Waals surface area contributed by atoms with Gasteiger partial charge in [0.1, 0.15) is 0 Å². The van der Waals surface area contributed by atoms with Crippen LogP contribution in [0.25, 0.3) is 0 Å². The second-order valence-corrected chi connectivity index (χ2v) is 7.09. The fourth-order valence-corrected chi connectivity index (χ4v) is 4.03. The molecule has 2 rings (SSSR count). The molecule has 2 aromatic rings. The zero-order valence-corrected chi connectivity index (χ0v) is 14.7. The predicted octanol–water partition coefficient (Wildman–Crippen LogP) is 6.05. The summed E-state index contributed by atoms with van der Waals surface area (Å²) < 4.78 is 1.18. The molecule has 0 heterocycles. The molecule has 1 unspecified atom stereocenters. The summed E-state index contributed by atoms with van der Waals surface area (Å²) in [6.45, 7) is 6.44. The van der Waals surface area contributed by atoms with Crippen molar-refractivity contribution in [2.24, 2.45) is 0 Å². The van der Waals surface area contributed by atoms with Gasteiger partial charge in [-0.05, 0) is 55.5 Å². The number of benzene rings is 2. The van der Waals surface area contributed by atoms with Crippen molar-refractivity contribution in [1.29, 1.82) is 0 Å². The minimum atomic E-state index is 0.336. The van der Waals surface area contributed by atoms with E-state index in [2.05, 4.69) is 89.0 Å². The van der Waals surface area contributed by atoms with E-state index in [0.717, 1.165) is 6.42 Å². The molecule has 1 atom stereocenters. The third-order valence-corrected chi connectivity index (χ3v) is 4.90. The Morgan fingerprint density at radius 3 is 2.26 bits per heavy atom. The summed E-state index contributed by atoms with van der Waals surface area (Å²) in [5.74, 6) is 0. The van der Waals surface area contributed by atoms with Crippen molar-refractivity contribution < 1.29 is 0 Å². The van der Waals surface area contributed by atoms with Gasteiger partial charge in [0.2, 0.25) is 0 Å². The standard InChI is InChI=1S/C17H18Br2/c1-11-4-6-13(3)14(8-11)10-17(19)15-7-5-12(2)9-16(15)18/h4-9,17H,10H2,1-3H3. The van der Waals surface area contributed by atoms with Crippen LogP contribution in [0, 0.1) is 20.8 Å². The summed E-state index contributed by atoms with van der Waals surface area (Å²) in [6, 6.07) is 13.2. The first-order chi connectivity index (χ1) is 8.97. The van der Waals surface area contributed by atoms with Crippen LogP contribution in [0.3, 0.4) is 0 Å². The second kappa shape index (κ2) is 6.23. The van der Waals surface area contributed by atoms with Crippen molar-refractivity contribution >= 4 is 31.9 Å². The SMILES string of the molecule is Cc1ccc(C(Br)Cc2cc(C)ccc2C)c(Br)c1. The highest BCUT2D eigenvalue weighted by atomic mass is 79.9. The van der Waals surface area contributed by atoms with E-state index in [1.54, 1.807) is 0 Å². The van der Waals surface area contributed by atoms with Crippen LogP contribution >= 0.6 is 31.9 Å². The van der Waals surface area contributed by atoms with Crippen molar-refractivity contribution in [2.75, 3.05) is 0 Å². The zero-order valence-electron chi connectivity index (χ0n) is 11.5. The van der Waals surface area contributed by atoms with Gasteiger partial charge in [-0.15, -0.1) is 0 Å². The summed E-state index contributed by atoms with van der Waals surface area (Å²) in [5.41, 5.74) is 6.68. The molecule has 0 saturated carbocycles. The van der Waals surface area contributed by atoms with Crippen molar-refractivity contribution in [2.45, 2.75) is 32.0 Å². The molecule has 0 fully saturated rings. The molecule has 0 N–H and O–H groups in total. The highest BCUT2D eigenvalue weighted by molar-refractivity contribution is 9.11. The van der Waals surface area contributed by atoms with Gasteiger partial charge < -0.3 is 0 Å². The molecule has 100 valence electrons. The van der Waals surface area contributed by atoms with Crippen molar-refractivity contribution in [3.05, 3.63) is 68.7 Å². The van der Waals surface area contributed by atoms with E-state index in [4.69, 9.17) is 0 Å². The molecular formula is C17H18Br2. The molecule has 0 nitrogen and oxygen atoms in total. The molecule has 0 amide bonds. The first-order valence-corrected chi connectivity index (χ1v) is 8.14. The van der Waals surface area contributed by atoms with Gasteiger partial charge in [0.15, 0.2) is 0 Å². The fourth-order valence-electron chi connectivity index (χ4n) is 2.21. The summed E-state index contributed by atoms with van der Waals surface area (Å²) in [6.07, 6.45) is 1.01. The van der Waals surface area contributed by atoms with E-state index < -0.39 is 0 Å². The molecular weight excluding hydrogens is 364 g/mol. The Morgan fingerprint density at radius 2 is 1.58 bits per heavy atom. The Balaban J connectivity index is 2.25. The summed E-state index contributed by atoms with van der Waals surface area (Å²) in [4.78, 5) is 0.336. The molecule has 0 aliphatic carbocycles. The number of aryl methyl sites for hydroxylation is 3. The van der Waals surface area contributed by atoms with Crippen LogP contribution in [0.1, 0.15) is 32.6 Å². The van der Waals surface area contributed by atoms with Crippen LogP contribution in [-0.2, 0) is 6.42 Å². The van der Waals surface area contributed by atoms with E-state index in [9.17, 15) is 0 Å². The molecule has 0 aromatic heterocycles. The van der Waals surface area contributed by atoms with Crippen LogP contribution in [0.5, 0.6) is 0 Å². The van der Waals surface area contributed by atoms with Gasteiger partial charge in [0, 0.05) is 9.30 Å². The van der Waals surface area contributed by atoms with Gasteiger partial charge in [0.25, 0.3) is 0 Å². The van der Waals surface area contributed by atoms with Gasteiger partial charge >= 0.3 is 0 Å².